The standard InChI is InChI=1S/C13H24N2OS/c1-5-7-8-15(10(3)6-2)13-14-11(4)12(9-16)17-13/h10,16H,5-9H2,1-4H3. The van der Waals surface area contributed by atoms with Crippen molar-refractivity contribution < 1.29 is 5.11 Å². The van der Waals surface area contributed by atoms with E-state index in [-0.39, 0.29) is 6.61 Å². The van der Waals surface area contributed by atoms with Crippen LogP contribution >= 0.6 is 11.3 Å². The zero-order chi connectivity index (χ0) is 12.8. The van der Waals surface area contributed by atoms with E-state index in [0.29, 0.717) is 6.04 Å². The molecular weight excluding hydrogens is 232 g/mol. The van der Waals surface area contributed by atoms with E-state index in [1.807, 2.05) is 6.92 Å². The highest BCUT2D eigenvalue weighted by molar-refractivity contribution is 7.15. The fourth-order valence-corrected chi connectivity index (χ4v) is 2.78. The first-order valence-corrected chi connectivity index (χ1v) is 7.29. The lowest BCUT2D eigenvalue weighted by Crippen LogP contribution is -2.33. The molecule has 1 N–H and O–H groups in total. The van der Waals surface area contributed by atoms with Crippen LogP contribution in [0.1, 0.15) is 50.6 Å². The van der Waals surface area contributed by atoms with Crippen molar-refractivity contribution >= 4 is 16.5 Å². The van der Waals surface area contributed by atoms with Gasteiger partial charge in [0.05, 0.1) is 17.2 Å². The van der Waals surface area contributed by atoms with E-state index in [1.165, 1.54) is 12.8 Å². The fraction of sp³-hybridized carbons (Fsp3) is 0.769. The minimum Gasteiger partial charge on any atom is -0.391 e. The summed E-state index contributed by atoms with van der Waals surface area (Å²) in [5, 5.41) is 10.3. The van der Waals surface area contributed by atoms with E-state index < -0.39 is 0 Å². The van der Waals surface area contributed by atoms with Crippen molar-refractivity contribution in [3.63, 3.8) is 0 Å². The van der Waals surface area contributed by atoms with Crippen molar-refractivity contribution in [2.75, 3.05) is 11.4 Å². The highest BCUT2D eigenvalue weighted by Gasteiger charge is 2.17. The predicted molar refractivity (Wildman–Crippen MR) is 74.8 cm³/mol. The van der Waals surface area contributed by atoms with E-state index in [0.717, 1.165) is 28.7 Å². The Kier molecular flexibility index (Phi) is 5.92. The molecule has 0 saturated heterocycles. The van der Waals surface area contributed by atoms with Gasteiger partial charge in [0.1, 0.15) is 0 Å². The molecule has 0 aromatic carbocycles. The third kappa shape index (κ3) is 3.68. The molecule has 0 aliphatic rings. The van der Waals surface area contributed by atoms with Gasteiger partial charge in [-0.05, 0) is 26.7 Å². The number of aryl methyl sites for hydroxylation is 1. The molecule has 0 bridgehead atoms. The third-order valence-electron chi connectivity index (χ3n) is 3.15. The highest BCUT2D eigenvalue weighted by Crippen LogP contribution is 2.28. The quantitative estimate of drug-likeness (QED) is 0.812. The van der Waals surface area contributed by atoms with Gasteiger partial charge in [0, 0.05) is 12.6 Å². The summed E-state index contributed by atoms with van der Waals surface area (Å²) in [6.45, 7) is 9.79. The van der Waals surface area contributed by atoms with Crippen LogP contribution in [0.4, 0.5) is 5.13 Å². The van der Waals surface area contributed by atoms with E-state index in [9.17, 15) is 5.11 Å². The van der Waals surface area contributed by atoms with Crippen LogP contribution in [0.25, 0.3) is 0 Å². The van der Waals surface area contributed by atoms with Gasteiger partial charge in [-0.25, -0.2) is 4.98 Å². The molecule has 1 unspecified atom stereocenters. The van der Waals surface area contributed by atoms with Crippen LogP contribution < -0.4 is 4.90 Å². The minimum absolute atomic E-state index is 0.103. The maximum absolute atomic E-state index is 9.24. The molecule has 0 aliphatic heterocycles. The number of thiazole rings is 1. The van der Waals surface area contributed by atoms with Crippen LogP contribution in [0.15, 0.2) is 0 Å². The van der Waals surface area contributed by atoms with E-state index in [2.05, 4.69) is 30.7 Å². The van der Waals surface area contributed by atoms with Gasteiger partial charge in [0.2, 0.25) is 0 Å². The largest absolute Gasteiger partial charge is 0.391 e. The first-order chi connectivity index (χ1) is 8.13. The molecular formula is C13H24N2OS. The number of hydrogen-bond acceptors (Lipinski definition) is 4. The van der Waals surface area contributed by atoms with Gasteiger partial charge >= 0.3 is 0 Å². The number of nitrogens with zero attached hydrogens (tertiary/aromatic N) is 2. The maximum Gasteiger partial charge on any atom is 0.186 e. The zero-order valence-corrected chi connectivity index (χ0v) is 12.2. The lowest BCUT2D eigenvalue weighted by atomic mass is 10.2. The molecule has 0 amide bonds. The van der Waals surface area contributed by atoms with Crippen LogP contribution in [-0.4, -0.2) is 22.7 Å². The molecule has 1 aromatic rings. The Hall–Kier alpha value is -0.610. The van der Waals surface area contributed by atoms with Crippen molar-refractivity contribution in [2.24, 2.45) is 0 Å². The average molecular weight is 256 g/mol. The first kappa shape index (κ1) is 14.5. The van der Waals surface area contributed by atoms with E-state index in [1.54, 1.807) is 11.3 Å². The van der Waals surface area contributed by atoms with Crippen molar-refractivity contribution in [1.29, 1.82) is 0 Å². The molecule has 1 atom stereocenters. The van der Waals surface area contributed by atoms with Crippen LogP contribution in [0, 0.1) is 6.92 Å². The minimum atomic E-state index is 0.103. The SMILES string of the molecule is CCCCN(c1nc(C)c(CO)s1)C(C)CC. The Bertz CT molecular complexity index is 338. The molecule has 1 rings (SSSR count). The lowest BCUT2D eigenvalue weighted by Gasteiger charge is -2.28. The molecule has 3 nitrogen and oxygen atoms in total. The number of rotatable bonds is 7. The number of anilines is 1. The third-order valence-corrected chi connectivity index (χ3v) is 4.33. The van der Waals surface area contributed by atoms with Crippen LogP contribution in [0.2, 0.25) is 0 Å². The Morgan fingerprint density at radius 1 is 1.41 bits per heavy atom. The van der Waals surface area contributed by atoms with Crippen molar-refractivity contribution in [3.8, 4) is 0 Å². The monoisotopic (exact) mass is 256 g/mol. The molecule has 0 radical (unpaired) electrons. The summed E-state index contributed by atoms with van der Waals surface area (Å²) in [5.74, 6) is 0. The summed E-state index contributed by atoms with van der Waals surface area (Å²) in [4.78, 5) is 7.95. The van der Waals surface area contributed by atoms with Gasteiger partial charge in [-0.1, -0.05) is 31.6 Å². The molecule has 0 aliphatic carbocycles. The van der Waals surface area contributed by atoms with Gasteiger partial charge in [-0.2, -0.15) is 0 Å². The zero-order valence-electron chi connectivity index (χ0n) is 11.4. The molecule has 1 heterocycles. The van der Waals surface area contributed by atoms with E-state index >= 15 is 0 Å². The molecule has 98 valence electrons. The van der Waals surface area contributed by atoms with Crippen molar-refractivity contribution in [3.05, 3.63) is 10.6 Å². The smallest absolute Gasteiger partial charge is 0.186 e. The number of aromatic nitrogens is 1. The topological polar surface area (TPSA) is 36.4 Å². The van der Waals surface area contributed by atoms with Crippen LogP contribution in [-0.2, 0) is 6.61 Å². The molecule has 0 fully saturated rings. The van der Waals surface area contributed by atoms with Gasteiger partial charge in [-0.3, -0.25) is 0 Å². The Balaban J connectivity index is 2.87. The van der Waals surface area contributed by atoms with Gasteiger partial charge < -0.3 is 10.0 Å². The second-order valence-corrected chi connectivity index (χ2v) is 5.53. The van der Waals surface area contributed by atoms with Crippen LogP contribution in [0.5, 0.6) is 0 Å². The summed E-state index contributed by atoms with van der Waals surface area (Å²) >= 11 is 1.63. The lowest BCUT2D eigenvalue weighted by molar-refractivity contribution is 0.284. The molecule has 0 spiro atoms. The average Bonchev–Trinajstić information content (AvgIpc) is 2.70. The maximum atomic E-state index is 9.24. The second kappa shape index (κ2) is 6.97. The number of aliphatic hydroxyl groups is 1. The number of hydrogen-bond donors (Lipinski definition) is 1. The van der Waals surface area contributed by atoms with Crippen molar-refractivity contribution in [2.45, 2.75) is 59.6 Å². The molecule has 17 heavy (non-hydrogen) atoms. The summed E-state index contributed by atoms with van der Waals surface area (Å²) in [5.41, 5.74) is 0.970. The molecule has 1 aromatic heterocycles. The summed E-state index contributed by atoms with van der Waals surface area (Å²) in [7, 11) is 0. The number of unbranched alkanes of at least 4 members (excludes halogenated alkanes) is 1. The second-order valence-electron chi connectivity index (χ2n) is 4.47. The van der Waals surface area contributed by atoms with E-state index in [4.69, 9.17) is 0 Å². The first-order valence-electron chi connectivity index (χ1n) is 6.47. The van der Waals surface area contributed by atoms with Crippen LogP contribution in [0.3, 0.4) is 0 Å². The predicted octanol–water partition coefficient (Wildman–Crippen LogP) is 3.35. The van der Waals surface area contributed by atoms with Gasteiger partial charge in [-0.15, -0.1) is 0 Å². The van der Waals surface area contributed by atoms with Gasteiger partial charge in [0.15, 0.2) is 5.13 Å². The Labute approximate surface area is 108 Å². The molecule has 4 heteroatoms. The normalized spacial score (nSPS) is 12.8. The summed E-state index contributed by atoms with van der Waals surface area (Å²) in [6, 6.07) is 0.513. The summed E-state index contributed by atoms with van der Waals surface area (Å²) in [6.07, 6.45) is 3.51. The fourth-order valence-electron chi connectivity index (χ4n) is 1.74. The highest BCUT2D eigenvalue weighted by atomic mass is 32.1. The number of aliphatic hydroxyl groups excluding tert-OH is 1. The van der Waals surface area contributed by atoms with Gasteiger partial charge in [0.25, 0.3) is 0 Å². The Morgan fingerprint density at radius 3 is 2.59 bits per heavy atom. The molecule has 0 saturated carbocycles. The summed E-state index contributed by atoms with van der Waals surface area (Å²) < 4.78 is 0. The Morgan fingerprint density at radius 2 is 2.12 bits per heavy atom. The van der Waals surface area contributed by atoms with Crippen molar-refractivity contribution in [1.82, 2.24) is 4.98 Å².